The van der Waals surface area contributed by atoms with Gasteiger partial charge in [0, 0.05) is 42.6 Å². The first-order chi connectivity index (χ1) is 13.2. The van der Waals surface area contributed by atoms with Crippen LogP contribution in [0, 0.1) is 0 Å². The standard InChI is InChI=1S/C20H24ClN5O/c1-25-10-11-26(12-17(25)13-27)20-18(14-6-8-22-9-7-14)19(23-24-20)15-2-4-16(21)5-3-15/h2-9,17,19,23-24,27H,10-13H2,1H3. The Morgan fingerprint density at radius 3 is 2.59 bits per heavy atom. The number of likely N-dealkylation sites (N-methyl/N-ethyl adjacent to an activating group) is 1. The van der Waals surface area contributed by atoms with Crippen LogP contribution in [0.4, 0.5) is 0 Å². The smallest absolute Gasteiger partial charge is 0.122 e. The summed E-state index contributed by atoms with van der Waals surface area (Å²) in [5, 5.41) is 10.4. The van der Waals surface area contributed by atoms with Crippen molar-refractivity contribution < 1.29 is 5.11 Å². The molecule has 3 heterocycles. The Balaban J connectivity index is 1.73. The topological polar surface area (TPSA) is 63.7 Å². The van der Waals surface area contributed by atoms with Crippen LogP contribution in [-0.4, -0.2) is 59.2 Å². The number of aliphatic hydroxyl groups excluding tert-OH is 1. The van der Waals surface area contributed by atoms with Crippen molar-refractivity contribution in [1.82, 2.24) is 25.6 Å². The SMILES string of the molecule is CN1CCN(C2=C(c3ccncc3)C(c3ccc(Cl)cc3)NN2)CC1CO. The number of aliphatic hydroxyl groups is 1. The molecule has 2 unspecified atom stereocenters. The number of hydrogen-bond donors (Lipinski definition) is 3. The number of hydrogen-bond acceptors (Lipinski definition) is 6. The number of nitrogens with zero attached hydrogens (tertiary/aromatic N) is 3. The second kappa shape index (κ2) is 7.86. The van der Waals surface area contributed by atoms with E-state index in [-0.39, 0.29) is 18.7 Å². The van der Waals surface area contributed by atoms with Gasteiger partial charge in [0.2, 0.25) is 0 Å². The highest BCUT2D eigenvalue weighted by Gasteiger charge is 2.33. The summed E-state index contributed by atoms with van der Waals surface area (Å²) >= 11 is 6.07. The molecule has 0 bridgehead atoms. The van der Waals surface area contributed by atoms with Crippen LogP contribution in [0.2, 0.25) is 5.02 Å². The number of hydrazine groups is 1. The van der Waals surface area contributed by atoms with Gasteiger partial charge in [0.1, 0.15) is 5.82 Å². The van der Waals surface area contributed by atoms with Crippen molar-refractivity contribution >= 4 is 17.2 Å². The Morgan fingerprint density at radius 1 is 1.15 bits per heavy atom. The highest BCUT2D eigenvalue weighted by Crippen LogP contribution is 2.37. The lowest BCUT2D eigenvalue weighted by atomic mass is 9.94. The van der Waals surface area contributed by atoms with E-state index in [1.165, 1.54) is 5.57 Å². The van der Waals surface area contributed by atoms with Crippen LogP contribution < -0.4 is 10.9 Å². The van der Waals surface area contributed by atoms with Gasteiger partial charge in [-0.1, -0.05) is 23.7 Å². The average molecular weight is 386 g/mol. The van der Waals surface area contributed by atoms with Crippen molar-refractivity contribution in [2.45, 2.75) is 12.1 Å². The van der Waals surface area contributed by atoms with E-state index in [2.05, 4.69) is 32.7 Å². The Kier molecular flexibility index (Phi) is 5.31. The zero-order chi connectivity index (χ0) is 18.8. The van der Waals surface area contributed by atoms with Crippen LogP contribution in [0.5, 0.6) is 0 Å². The largest absolute Gasteiger partial charge is 0.395 e. The first-order valence-corrected chi connectivity index (χ1v) is 9.53. The zero-order valence-corrected chi connectivity index (χ0v) is 16.0. The van der Waals surface area contributed by atoms with Gasteiger partial charge in [0.25, 0.3) is 0 Å². The molecule has 2 atom stereocenters. The van der Waals surface area contributed by atoms with E-state index in [1.807, 2.05) is 48.8 Å². The number of pyridine rings is 1. The highest BCUT2D eigenvalue weighted by molar-refractivity contribution is 6.30. The molecule has 0 amide bonds. The number of piperazine rings is 1. The molecule has 1 saturated heterocycles. The van der Waals surface area contributed by atoms with Crippen molar-refractivity contribution in [2.24, 2.45) is 0 Å². The predicted molar refractivity (Wildman–Crippen MR) is 107 cm³/mol. The van der Waals surface area contributed by atoms with E-state index < -0.39 is 0 Å². The molecular formula is C20H24ClN5O. The molecule has 0 spiro atoms. The van der Waals surface area contributed by atoms with E-state index in [1.54, 1.807) is 0 Å². The Labute approximate surface area is 164 Å². The van der Waals surface area contributed by atoms with Gasteiger partial charge >= 0.3 is 0 Å². The Bertz CT molecular complexity index is 811. The summed E-state index contributed by atoms with van der Waals surface area (Å²) in [7, 11) is 2.06. The van der Waals surface area contributed by atoms with E-state index in [9.17, 15) is 5.11 Å². The van der Waals surface area contributed by atoms with Gasteiger partial charge in [-0.15, -0.1) is 0 Å². The van der Waals surface area contributed by atoms with E-state index >= 15 is 0 Å². The van der Waals surface area contributed by atoms with Crippen LogP contribution >= 0.6 is 11.6 Å². The summed E-state index contributed by atoms with van der Waals surface area (Å²) in [4.78, 5) is 8.69. The number of nitrogens with one attached hydrogen (secondary N) is 2. The normalized spacial score (nSPS) is 23.6. The second-order valence-electron chi connectivity index (χ2n) is 7.02. The summed E-state index contributed by atoms with van der Waals surface area (Å²) in [6, 6.07) is 12.1. The van der Waals surface area contributed by atoms with Gasteiger partial charge in [-0.2, -0.15) is 0 Å². The van der Waals surface area contributed by atoms with Gasteiger partial charge in [-0.3, -0.25) is 9.88 Å². The Hall–Kier alpha value is -2.12. The summed E-state index contributed by atoms with van der Waals surface area (Å²) < 4.78 is 0. The third kappa shape index (κ3) is 3.66. The third-order valence-electron chi connectivity index (χ3n) is 5.38. The third-order valence-corrected chi connectivity index (χ3v) is 5.63. The van der Waals surface area contributed by atoms with Gasteiger partial charge in [-0.25, -0.2) is 5.43 Å². The maximum Gasteiger partial charge on any atom is 0.122 e. The number of aromatic nitrogens is 1. The fourth-order valence-electron chi connectivity index (χ4n) is 3.75. The summed E-state index contributed by atoms with van der Waals surface area (Å²) in [5.74, 6) is 1.06. The summed E-state index contributed by atoms with van der Waals surface area (Å²) in [6.45, 7) is 2.74. The van der Waals surface area contributed by atoms with Crippen molar-refractivity contribution in [3.05, 3.63) is 70.8 Å². The van der Waals surface area contributed by atoms with Crippen LogP contribution in [0.3, 0.4) is 0 Å². The molecule has 1 aromatic carbocycles. The summed E-state index contributed by atoms with van der Waals surface area (Å²) in [6.07, 6.45) is 3.63. The molecule has 4 rings (SSSR count). The molecular weight excluding hydrogens is 362 g/mol. The Morgan fingerprint density at radius 2 is 1.89 bits per heavy atom. The average Bonchev–Trinajstić information content (AvgIpc) is 3.14. The molecule has 2 aliphatic heterocycles. The molecule has 142 valence electrons. The number of halogens is 1. The van der Waals surface area contributed by atoms with E-state index in [4.69, 9.17) is 11.6 Å². The quantitative estimate of drug-likeness (QED) is 0.746. The van der Waals surface area contributed by atoms with Crippen molar-refractivity contribution in [3.8, 4) is 0 Å². The van der Waals surface area contributed by atoms with Gasteiger partial charge in [-0.05, 0) is 42.4 Å². The molecule has 1 fully saturated rings. The number of benzene rings is 1. The zero-order valence-electron chi connectivity index (χ0n) is 15.3. The highest BCUT2D eigenvalue weighted by atomic mass is 35.5. The maximum absolute atomic E-state index is 9.72. The van der Waals surface area contributed by atoms with E-state index in [0.29, 0.717) is 0 Å². The predicted octanol–water partition coefficient (Wildman–Crippen LogP) is 1.86. The van der Waals surface area contributed by atoms with E-state index in [0.717, 1.165) is 41.6 Å². The molecule has 0 aliphatic carbocycles. The van der Waals surface area contributed by atoms with Crippen LogP contribution in [0.25, 0.3) is 5.57 Å². The molecule has 3 N–H and O–H groups in total. The second-order valence-corrected chi connectivity index (χ2v) is 7.45. The van der Waals surface area contributed by atoms with Gasteiger partial charge < -0.3 is 15.4 Å². The minimum Gasteiger partial charge on any atom is -0.395 e. The van der Waals surface area contributed by atoms with Gasteiger partial charge in [0.15, 0.2) is 0 Å². The monoisotopic (exact) mass is 385 g/mol. The fourth-order valence-corrected chi connectivity index (χ4v) is 3.88. The lowest BCUT2D eigenvalue weighted by Crippen LogP contribution is -2.54. The number of rotatable bonds is 4. The van der Waals surface area contributed by atoms with Crippen molar-refractivity contribution in [1.29, 1.82) is 0 Å². The maximum atomic E-state index is 9.72. The molecule has 27 heavy (non-hydrogen) atoms. The molecule has 7 heteroatoms. The first kappa shape index (κ1) is 18.3. The molecule has 2 aliphatic rings. The van der Waals surface area contributed by atoms with Crippen LogP contribution in [-0.2, 0) is 0 Å². The summed E-state index contributed by atoms with van der Waals surface area (Å²) in [5.41, 5.74) is 10.3. The van der Waals surface area contributed by atoms with Crippen molar-refractivity contribution in [2.75, 3.05) is 33.3 Å². The minimum absolute atomic E-state index is 0.00639. The molecule has 1 aromatic heterocycles. The minimum atomic E-state index is 0.00639. The molecule has 2 aromatic rings. The first-order valence-electron chi connectivity index (χ1n) is 9.15. The molecule has 0 radical (unpaired) electrons. The molecule has 6 nitrogen and oxygen atoms in total. The van der Waals surface area contributed by atoms with Crippen LogP contribution in [0.1, 0.15) is 17.2 Å². The van der Waals surface area contributed by atoms with Gasteiger partial charge in [0.05, 0.1) is 18.7 Å². The van der Waals surface area contributed by atoms with Crippen molar-refractivity contribution in [3.63, 3.8) is 0 Å². The fraction of sp³-hybridized carbons (Fsp3) is 0.350. The van der Waals surface area contributed by atoms with Crippen LogP contribution in [0.15, 0.2) is 54.6 Å². The molecule has 0 saturated carbocycles. The lowest BCUT2D eigenvalue weighted by Gasteiger charge is -2.40. The lowest BCUT2D eigenvalue weighted by molar-refractivity contribution is 0.0706.